The van der Waals surface area contributed by atoms with Crippen molar-refractivity contribution in [3.63, 3.8) is 0 Å². The lowest BCUT2D eigenvalue weighted by Crippen LogP contribution is -2.38. The highest BCUT2D eigenvalue weighted by atomic mass is 16.2. The molecule has 1 aromatic carbocycles. The van der Waals surface area contributed by atoms with Gasteiger partial charge >= 0.3 is 0 Å². The van der Waals surface area contributed by atoms with E-state index < -0.39 is 0 Å². The molecule has 2 heterocycles. The molecule has 0 bridgehead atoms. The van der Waals surface area contributed by atoms with E-state index in [1.54, 1.807) is 0 Å². The van der Waals surface area contributed by atoms with Crippen LogP contribution in [0.2, 0.25) is 0 Å². The molecule has 5 heteroatoms. The first-order valence-corrected chi connectivity index (χ1v) is 10.7. The highest BCUT2D eigenvalue weighted by molar-refractivity contribution is 5.95. The van der Waals surface area contributed by atoms with Crippen LogP contribution in [0.5, 0.6) is 0 Å². The third-order valence-electron chi connectivity index (χ3n) is 5.62. The van der Waals surface area contributed by atoms with Gasteiger partial charge in [0, 0.05) is 37.7 Å². The van der Waals surface area contributed by atoms with Gasteiger partial charge in [0.15, 0.2) is 0 Å². The van der Waals surface area contributed by atoms with E-state index in [1.165, 1.54) is 5.56 Å². The van der Waals surface area contributed by atoms with E-state index in [0.29, 0.717) is 18.5 Å². The van der Waals surface area contributed by atoms with Crippen LogP contribution in [0, 0.1) is 6.92 Å². The highest BCUT2D eigenvalue weighted by Gasteiger charge is 2.27. The predicted molar refractivity (Wildman–Crippen MR) is 115 cm³/mol. The zero-order valence-corrected chi connectivity index (χ0v) is 17.5. The van der Waals surface area contributed by atoms with Gasteiger partial charge in [0.05, 0.1) is 11.3 Å². The quantitative estimate of drug-likeness (QED) is 0.727. The number of nitrogens with zero attached hydrogens (tertiary/aromatic N) is 2. The van der Waals surface area contributed by atoms with Gasteiger partial charge < -0.3 is 10.2 Å². The Balaban J connectivity index is 1.59. The summed E-state index contributed by atoms with van der Waals surface area (Å²) in [7, 11) is 0. The van der Waals surface area contributed by atoms with Crippen LogP contribution < -0.4 is 5.32 Å². The van der Waals surface area contributed by atoms with Crippen LogP contribution in [0.4, 0.5) is 0 Å². The molecule has 2 aromatic rings. The summed E-state index contributed by atoms with van der Waals surface area (Å²) in [5, 5.41) is 3.06. The maximum Gasteiger partial charge on any atom is 0.253 e. The van der Waals surface area contributed by atoms with Crippen LogP contribution in [-0.2, 0) is 11.2 Å². The smallest absolute Gasteiger partial charge is 0.253 e. The average Bonchev–Trinajstić information content (AvgIpc) is 2.76. The van der Waals surface area contributed by atoms with Gasteiger partial charge in [-0.3, -0.25) is 14.6 Å². The van der Waals surface area contributed by atoms with Crippen molar-refractivity contribution >= 4 is 11.8 Å². The summed E-state index contributed by atoms with van der Waals surface area (Å²) in [6.45, 7) is 5.98. The number of amides is 2. The molecule has 1 fully saturated rings. The number of likely N-dealkylation sites (tertiary alicyclic amines) is 1. The highest BCUT2D eigenvalue weighted by Crippen LogP contribution is 2.29. The molecule has 1 aliphatic heterocycles. The number of benzene rings is 1. The zero-order chi connectivity index (χ0) is 20.6. The summed E-state index contributed by atoms with van der Waals surface area (Å²) in [5.41, 5.74) is 3.77. The van der Waals surface area contributed by atoms with Crippen molar-refractivity contribution in [1.29, 1.82) is 0 Å². The van der Waals surface area contributed by atoms with E-state index in [-0.39, 0.29) is 17.7 Å². The van der Waals surface area contributed by atoms with Gasteiger partial charge in [-0.1, -0.05) is 37.3 Å². The van der Waals surface area contributed by atoms with E-state index in [9.17, 15) is 9.59 Å². The maximum atomic E-state index is 12.8. The predicted octanol–water partition coefficient (Wildman–Crippen LogP) is 3.87. The standard InChI is InChI=1S/C24H31N3O2/c1-3-22(28)27-16-13-20(14-17-27)23-21(12-11-18(2)26-23)24(29)25-15-7-10-19-8-5-4-6-9-19/h4-6,8-9,11-12,20H,3,7,10,13-17H2,1-2H3,(H,25,29). The Morgan fingerprint density at radius 2 is 1.83 bits per heavy atom. The number of piperidine rings is 1. The molecule has 1 aliphatic rings. The number of hydrogen-bond acceptors (Lipinski definition) is 3. The van der Waals surface area contributed by atoms with Gasteiger partial charge in [-0.25, -0.2) is 0 Å². The number of pyridine rings is 1. The van der Waals surface area contributed by atoms with Crippen molar-refractivity contribution in [2.24, 2.45) is 0 Å². The molecule has 2 amide bonds. The fraction of sp³-hybridized carbons (Fsp3) is 0.458. The number of aryl methyl sites for hydroxylation is 2. The SMILES string of the molecule is CCC(=O)N1CCC(c2nc(C)ccc2C(=O)NCCCc2ccccc2)CC1. The molecule has 0 atom stereocenters. The Morgan fingerprint density at radius 3 is 2.52 bits per heavy atom. The second-order valence-electron chi connectivity index (χ2n) is 7.74. The normalized spacial score (nSPS) is 14.6. The lowest BCUT2D eigenvalue weighted by Gasteiger charge is -2.32. The number of hydrogen-bond donors (Lipinski definition) is 1. The summed E-state index contributed by atoms with van der Waals surface area (Å²) in [6.07, 6.45) is 4.11. The van der Waals surface area contributed by atoms with Crippen LogP contribution in [0.15, 0.2) is 42.5 Å². The van der Waals surface area contributed by atoms with Gasteiger partial charge in [-0.15, -0.1) is 0 Å². The van der Waals surface area contributed by atoms with Crippen LogP contribution in [0.1, 0.15) is 65.8 Å². The molecule has 0 radical (unpaired) electrons. The maximum absolute atomic E-state index is 12.8. The monoisotopic (exact) mass is 393 g/mol. The minimum absolute atomic E-state index is 0.0485. The first-order valence-electron chi connectivity index (χ1n) is 10.7. The summed E-state index contributed by atoms with van der Waals surface area (Å²) in [5.74, 6) is 0.380. The third kappa shape index (κ3) is 5.66. The Kier molecular flexibility index (Phi) is 7.39. The lowest BCUT2D eigenvalue weighted by molar-refractivity contribution is -0.131. The topological polar surface area (TPSA) is 62.3 Å². The molecule has 0 unspecified atom stereocenters. The molecule has 0 saturated carbocycles. The molecule has 5 nitrogen and oxygen atoms in total. The van der Waals surface area contributed by atoms with Crippen LogP contribution in [-0.4, -0.2) is 41.3 Å². The number of nitrogens with one attached hydrogen (secondary N) is 1. The van der Waals surface area contributed by atoms with E-state index in [1.807, 2.05) is 49.1 Å². The minimum Gasteiger partial charge on any atom is -0.352 e. The van der Waals surface area contributed by atoms with Crippen LogP contribution in [0.3, 0.4) is 0 Å². The molecular formula is C24H31N3O2. The van der Waals surface area contributed by atoms with Crippen molar-refractivity contribution in [3.8, 4) is 0 Å². The third-order valence-corrected chi connectivity index (χ3v) is 5.62. The van der Waals surface area contributed by atoms with Gasteiger partial charge in [0.1, 0.15) is 0 Å². The van der Waals surface area contributed by atoms with Crippen LogP contribution >= 0.6 is 0 Å². The van der Waals surface area contributed by atoms with Gasteiger partial charge in [0.2, 0.25) is 5.91 Å². The molecule has 1 aromatic heterocycles. The van der Waals surface area contributed by atoms with Gasteiger partial charge in [0.25, 0.3) is 5.91 Å². The Hall–Kier alpha value is -2.69. The largest absolute Gasteiger partial charge is 0.352 e. The molecule has 0 spiro atoms. The molecule has 29 heavy (non-hydrogen) atoms. The summed E-state index contributed by atoms with van der Waals surface area (Å²) in [4.78, 5) is 31.4. The van der Waals surface area contributed by atoms with E-state index >= 15 is 0 Å². The number of carbonyl (C=O) groups excluding carboxylic acids is 2. The number of rotatable bonds is 7. The van der Waals surface area contributed by atoms with Crippen molar-refractivity contribution < 1.29 is 9.59 Å². The fourth-order valence-electron chi connectivity index (χ4n) is 3.94. The zero-order valence-electron chi connectivity index (χ0n) is 17.5. The van der Waals surface area contributed by atoms with E-state index in [2.05, 4.69) is 17.4 Å². The summed E-state index contributed by atoms with van der Waals surface area (Å²) in [6, 6.07) is 14.1. The van der Waals surface area contributed by atoms with Gasteiger partial charge in [-0.2, -0.15) is 0 Å². The van der Waals surface area contributed by atoms with Crippen molar-refractivity contribution in [2.75, 3.05) is 19.6 Å². The first-order chi connectivity index (χ1) is 14.1. The molecule has 154 valence electrons. The molecule has 1 N–H and O–H groups in total. The van der Waals surface area contributed by atoms with Gasteiger partial charge in [-0.05, 0) is 50.3 Å². The molecule has 1 saturated heterocycles. The Morgan fingerprint density at radius 1 is 1.10 bits per heavy atom. The first kappa shape index (κ1) is 21.0. The molecule has 0 aliphatic carbocycles. The Bertz CT molecular complexity index is 827. The van der Waals surface area contributed by atoms with Crippen LogP contribution in [0.25, 0.3) is 0 Å². The summed E-state index contributed by atoms with van der Waals surface area (Å²) >= 11 is 0. The van der Waals surface area contributed by atoms with Crippen molar-refractivity contribution in [3.05, 3.63) is 65.0 Å². The fourth-order valence-corrected chi connectivity index (χ4v) is 3.94. The summed E-state index contributed by atoms with van der Waals surface area (Å²) < 4.78 is 0. The second kappa shape index (κ2) is 10.2. The molecular weight excluding hydrogens is 362 g/mol. The van der Waals surface area contributed by atoms with Crippen molar-refractivity contribution in [2.45, 2.75) is 51.9 Å². The second-order valence-corrected chi connectivity index (χ2v) is 7.74. The number of aromatic nitrogens is 1. The molecule has 3 rings (SSSR count). The lowest BCUT2D eigenvalue weighted by atomic mass is 9.89. The average molecular weight is 394 g/mol. The van der Waals surface area contributed by atoms with E-state index in [0.717, 1.165) is 50.2 Å². The Labute approximate surface area is 173 Å². The van der Waals surface area contributed by atoms with E-state index in [4.69, 9.17) is 4.98 Å². The minimum atomic E-state index is -0.0485. The van der Waals surface area contributed by atoms with Crippen molar-refractivity contribution in [1.82, 2.24) is 15.2 Å². The number of carbonyl (C=O) groups is 2.